The van der Waals surface area contributed by atoms with Gasteiger partial charge in [0.2, 0.25) is 5.91 Å². The fourth-order valence-corrected chi connectivity index (χ4v) is 3.76. The summed E-state index contributed by atoms with van der Waals surface area (Å²) in [6.45, 7) is 2.61. The minimum absolute atomic E-state index is 0.160. The standard InChI is InChI=1S/C22H24FN3O2/c23-18-6-3-7-19(13-18)28-15-17-5-4-11-25(14-17)22(27)10-12-26-16-24-20-8-1-2-9-21(20)26/h1-3,6-9,13,16-17H,4-5,10-12,14-15H2. The number of likely N-dealkylation sites (tertiary alicyclic amines) is 1. The number of amides is 1. The molecule has 0 spiro atoms. The normalized spacial score (nSPS) is 17.0. The van der Waals surface area contributed by atoms with Gasteiger partial charge in [-0.15, -0.1) is 0 Å². The van der Waals surface area contributed by atoms with Gasteiger partial charge in [-0.3, -0.25) is 4.79 Å². The molecule has 3 aromatic rings. The summed E-state index contributed by atoms with van der Waals surface area (Å²) in [4.78, 5) is 19.0. The van der Waals surface area contributed by atoms with Crippen LogP contribution in [0.2, 0.25) is 0 Å². The van der Waals surface area contributed by atoms with E-state index in [4.69, 9.17) is 4.74 Å². The van der Waals surface area contributed by atoms with Gasteiger partial charge in [-0.25, -0.2) is 9.37 Å². The molecule has 1 atom stereocenters. The lowest BCUT2D eigenvalue weighted by molar-refractivity contribution is -0.133. The molecule has 4 rings (SSSR count). The number of ether oxygens (including phenoxy) is 1. The quantitative estimate of drug-likeness (QED) is 0.651. The van der Waals surface area contributed by atoms with Crippen molar-refractivity contribution in [3.63, 3.8) is 0 Å². The highest BCUT2D eigenvalue weighted by Crippen LogP contribution is 2.20. The van der Waals surface area contributed by atoms with Crippen molar-refractivity contribution < 1.29 is 13.9 Å². The minimum Gasteiger partial charge on any atom is -0.493 e. The van der Waals surface area contributed by atoms with Gasteiger partial charge in [-0.1, -0.05) is 18.2 Å². The minimum atomic E-state index is -0.301. The number of hydrogen-bond acceptors (Lipinski definition) is 3. The van der Waals surface area contributed by atoms with E-state index in [9.17, 15) is 9.18 Å². The zero-order valence-electron chi connectivity index (χ0n) is 15.8. The second kappa shape index (κ2) is 8.42. The predicted octanol–water partition coefficient (Wildman–Crippen LogP) is 3.88. The van der Waals surface area contributed by atoms with Gasteiger partial charge in [0.05, 0.1) is 24.0 Å². The van der Waals surface area contributed by atoms with Gasteiger partial charge in [0.15, 0.2) is 0 Å². The van der Waals surface area contributed by atoms with Crippen molar-refractivity contribution in [2.45, 2.75) is 25.8 Å². The largest absolute Gasteiger partial charge is 0.493 e. The number of hydrogen-bond donors (Lipinski definition) is 0. The molecule has 6 heteroatoms. The van der Waals surface area contributed by atoms with Crippen LogP contribution < -0.4 is 4.74 Å². The highest BCUT2D eigenvalue weighted by Gasteiger charge is 2.24. The first-order valence-electron chi connectivity index (χ1n) is 9.75. The molecule has 0 saturated carbocycles. The Morgan fingerprint density at radius 3 is 3.00 bits per heavy atom. The number of benzene rings is 2. The lowest BCUT2D eigenvalue weighted by Gasteiger charge is -2.32. The molecule has 1 aliphatic heterocycles. The maximum Gasteiger partial charge on any atom is 0.224 e. The lowest BCUT2D eigenvalue weighted by atomic mass is 9.98. The fourth-order valence-electron chi connectivity index (χ4n) is 3.76. The molecule has 0 bridgehead atoms. The summed E-state index contributed by atoms with van der Waals surface area (Å²) >= 11 is 0. The van der Waals surface area contributed by atoms with Crippen LogP contribution in [0.1, 0.15) is 19.3 Å². The number of imidazole rings is 1. The molecule has 1 aromatic heterocycles. The molecule has 2 heterocycles. The van der Waals surface area contributed by atoms with E-state index in [-0.39, 0.29) is 17.6 Å². The van der Waals surface area contributed by atoms with Crippen LogP contribution in [0.3, 0.4) is 0 Å². The third kappa shape index (κ3) is 4.32. The van der Waals surface area contributed by atoms with Crippen LogP contribution in [0.25, 0.3) is 11.0 Å². The summed E-state index contributed by atoms with van der Waals surface area (Å²) in [7, 11) is 0. The number of nitrogens with zero attached hydrogens (tertiary/aromatic N) is 3. The molecule has 2 aromatic carbocycles. The van der Waals surface area contributed by atoms with Crippen LogP contribution in [0.15, 0.2) is 54.9 Å². The van der Waals surface area contributed by atoms with E-state index in [2.05, 4.69) is 4.98 Å². The second-order valence-corrected chi connectivity index (χ2v) is 7.29. The Hall–Kier alpha value is -2.89. The monoisotopic (exact) mass is 381 g/mol. The summed E-state index contributed by atoms with van der Waals surface area (Å²) in [6, 6.07) is 14.1. The SMILES string of the molecule is O=C(CCn1cnc2ccccc21)N1CCCC(COc2cccc(F)c2)C1. The molecule has 0 N–H and O–H groups in total. The topological polar surface area (TPSA) is 47.4 Å². The number of rotatable bonds is 6. The van der Waals surface area contributed by atoms with E-state index in [0.29, 0.717) is 31.9 Å². The van der Waals surface area contributed by atoms with E-state index in [1.54, 1.807) is 18.5 Å². The molecule has 1 aliphatic rings. The number of fused-ring (bicyclic) bond motifs is 1. The van der Waals surface area contributed by atoms with Crippen molar-refractivity contribution >= 4 is 16.9 Å². The van der Waals surface area contributed by atoms with Crippen molar-refractivity contribution in [1.82, 2.24) is 14.5 Å². The average Bonchev–Trinajstić information content (AvgIpc) is 3.14. The Morgan fingerprint density at radius 1 is 1.21 bits per heavy atom. The highest BCUT2D eigenvalue weighted by atomic mass is 19.1. The second-order valence-electron chi connectivity index (χ2n) is 7.29. The van der Waals surface area contributed by atoms with E-state index in [1.807, 2.05) is 33.7 Å². The van der Waals surface area contributed by atoms with Crippen LogP contribution in [0.5, 0.6) is 5.75 Å². The summed E-state index contributed by atoms with van der Waals surface area (Å²) < 4.78 is 21.0. The van der Waals surface area contributed by atoms with Gasteiger partial charge in [0.1, 0.15) is 11.6 Å². The summed E-state index contributed by atoms with van der Waals surface area (Å²) in [5, 5.41) is 0. The average molecular weight is 381 g/mol. The first kappa shape index (κ1) is 18.5. The van der Waals surface area contributed by atoms with E-state index in [1.165, 1.54) is 12.1 Å². The number of aromatic nitrogens is 2. The maximum absolute atomic E-state index is 13.3. The Balaban J connectivity index is 1.29. The van der Waals surface area contributed by atoms with Gasteiger partial charge in [0.25, 0.3) is 0 Å². The van der Waals surface area contributed by atoms with Gasteiger partial charge in [0, 0.05) is 38.0 Å². The number of para-hydroxylation sites is 2. The molecular weight excluding hydrogens is 357 g/mol. The summed E-state index contributed by atoms with van der Waals surface area (Å²) in [5.41, 5.74) is 2.00. The molecule has 1 saturated heterocycles. The van der Waals surface area contributed by atoms with Crippen LogP contribution in [0.4, 0.5) is 4.39 Å². The van der Waals surface area contributed by atoms with Gasteiger partial charge in [-0.2, -0.15) is 0 Å². The van der Waals surface area contributed by atoms with Crippen LogP contribution in [-0.4, -0.2) is 40.1 Å². The number of aryl methyl sites for hydroxylation is 1. The molecule has 1 fully saturated rings. The number of carbonyl (C=O) groups is 1. The van der Waals surface area contributed by atoms with Crippen molar-refractivity contribution in [3.05, 3.63) is 60.7 Å². The third-order valence-electron chi connectivity index (χ3n) is 5.25. The van der Waals surface area contributed by atoms with Crippen LogP contribution in [0, 0.1) is 11.7 Å². The van der Waals surface area contributed by atoms with Gasteiger partial charge >= 0.3 is 0 Å². The highest BCUT2D eigenvalue weighted by molar-refractivity contribution is 5.77. The first-order chi connectivity index (χ1) is 13.7. The van der Waals surface area contributed by atoms with Crippen LogP contribution >= 0.6 is 0 Å². The Kier molecular flexibility index (Phi) is 5.55. The fraction of sp³-hybridized carbons (Fsp3) is 0.364. The molecule has 28 heavy (non-hydrogen) atoms. The zero-order valence-corrected chi connectivity index (χ0v) is 15.8. The molecule has 146 valence electrons. The molecule has 5 nitrogen and oxygen atoms in total. The summed E-state index contributed by atoms with van der Waals surface area (Å²) in [6.07, 6.45) is 4.24. The zero-order chi connectivity index (χ0) is 19.3. The Labute approximate surface area is 163 Å². The third-order valence-corrected chi connectivity index (χ3v) is 5.25. The first-order valence-corrected chi connectivity index (χ1v) is 9.75. The van der Waals surface area contributed by atoms with E-state index < -0.39 is 0 Å². The number of halogens is 1. The van der Waals surface area contributed by atoms with Crippen molar-refractivity contribution in [3.8, 4) is 5.75 Å². The van der Waals surface area contributed by atoms with Crippen molar-refractivity contribution in [2.24, 2.45) is 5.92 Å². The molecule has 0 aliphatic carbocycles. The van der Waals surface area contributed by atoms with Crippen molar-refractivity contribution in [2.75, 3.05) is 19.7 Å². The lowest BCUT2D eigenvalue weighted by Crippen LogP contribution is -2.41. The Bertz CT molecular complexity index is 956. The molecule has 1 amide bonds. The van der Waals surface area contributed by atoms with Crippen LogP contribution in [-0.2, 0) is 11.3 Å². The number of piperidine rings is 1. The van der Waals surface area contributed by atoms with Gasteiger partial charge < -0.3 is 14.2 Å². The number of carbonyl (C=O) groups excluding carboxylic acids is 1. The maximum atomic E-state index is 13.3. The molecule has 1 unspecified atom stereocenters. The predicted molar refractivity (Wildman–Crippen MR) is 106 cm³/mol. The molecular formula is C22H24FN3O2. The Morgan fingerprint density at radius 2 is 2.11 bits per heavy atom. The summed E-state index contributed by atoms with van der Waals surface area (Å²) in [5.74, 6) is 0.670. The van der Waals surface area contributed by atoms with Gasteiger partial charge in [-0.05, 0) is 37.1 Å². The molecule has 0 radical (unpaired) electrons. The van der Waals surface area contributed by atoms with E-state index >= 15 is 0 Å². The van der Waals surface area contributed by atoms with Crippen molar-refractivity contribution in [1.29, 1.82) is 0 Å². The smallest absolute Gasteiger partial charge is 0.224 e. The van der Waals surface area contributed by atoms with E-state index in [0.717, 1.165) is 30.4 Å².